The van der Waals surface area contributed by atoms with E-state index in [1.165, 1.54) is 26.9 Å². The molecule has 0 aromatic heterocycles. The van der Waals surface area contributed by atoms with Crippen LogP contribution in [0.5, 0.6) is 0 Å². The van der Waals surface area contributed by atoms with Crippen LogP contribution in [0.1, 0.15) is 54.4 Å². The van der Waals surface area contributed by atoms with Crippen molar-refractivity contribution in [3.8, 4) is 0 Å². The second-order valence-electron chi connectivity index (χ2n) is 15.4. The molecule has 0 aliphatic carbocycles. The number of nitrogens with zero attached hydrogens (tertiary/aromatic N) is 8. The molecule has 0 rings (SSSR count). The summed E-state index contributed by atoms with van der Waals surface area (Å²) < 4.78 is 8.88. The van der Waals surface area contributed by atoms with Crippen molar-refractivity contribution < 1.29 is 47.8 Å². The number of rotatable bonds is 22. The first kappa shape index (κ1) is 80.6. The second kappa shape index (κ2) is 55.2. The Morgan fingerprint density at radius 1 is 0.443 bits per heavy atom. The summed E-state index contributed by atoms with van der Waals surface area (Å²) in [5.74, 6) is -0.295. The van der Waals surface area contributed by atoms with Crippen LogP contribution in [0.25, 0.3) is 0 Å². The Balaban J connectivity index is -0.000000106. The average molecular weight is 993 g/mol. The van der Waals surface area contributed by atoms with Crippen LogP contribution in [0.4, 0.5) is 0 Å². The van der Waals surface area contributed by atoms with Crippen LogP contribution < -0.4 is 0 Å². The molecule has 18 nitrogen and oxygen atoms in total. The molecule has 0 aliphatic rings. The maximum atomic E-state index is 11.4. The molecule has 70 heavy (non-hydrogen) atoms. The summed E-state index contributed by atoms with van der Waals surface area (Å²) in [6.07, 6.45) is 7.14. The van der Waals surface area contributed by atoms with Crippen molar-refractivity contribution in [2.45, 2.75) is 54.4 Å². The molecule has 6 amide bonds. The Labute approximate surface area is 424 Å². The van der Waals surface area contributed by atoms with Gasteiger partial charge in [0.05, 0.1) is 13.2 Å². The quantitative estimate of drug-likeness (QED) is 0.0597. The maximum Gasteiger partial charge on any atom is 0.293 e. The molecule has 0 aromatic carbocycles. The second-order valence-corrected chi connectivity index (χ2v) is 15.4. The SMILES string of the molecule is C=C(C)C(=O)N(C)C.C=C(C)C(=O)N(C)CC.C=C(CCOC=O)C(=O)N(C)C.C=C(CCOC=O)C(=O)N(C)CC.C=CC(=O)N(C)C.C=CC(=O)N(C)CC.C=CCN(C)C.C=CCN(C)CC. The van der Waals surface area contributed by atoms with Crippen molar-refractivity contribution in [1.82, 2.24) is 39.2 Å². The van der Waals surface area contributed by atoms with Gasteiger partial charge in [0.1, 0.15) is 0 Å². The van der Waals surface area contributed by atoms with Gasteiger partial charge in [-0.15, -0.1) is 13.2 Å². The highest BCUT2D eigenvalue weighted by Gasteiger charge is 2.11. The fourth-order valence-electron chi connectivity index (χ4n) is 3.36. The molecule has 0 N–H and O–H groups in total. The zero-order valence-corrected chi connectivity index (χ0v) is 46.9. The molecule has 0 fully saturated rings. The summed E-state index contributed by atoms with van der Waals surface area (Å²) in [5, 5.41) is 0. The van der Waals surface area contributed by atoms with Crippen LogP contribution in [-0.2, 0) is 47.8 Å². The number of likely N-dealkylation sites (N-methyl/N-ethyl adjacent to an activating group) is 8. The Morgan fingerprint density at radius 2 is 0.786 bits per heavy atom. The Morgan fingerprint density at radius 3 is 0.943 bits per heavy atom. The first-order valence-corrected chi connectivity index (χ1v) is 22.3. The van der Waals surface area contributed by atoms with Crippen LogP contribution >= 0.6 is 0 Å². The third kappa shape index (κ3) is 59.6. The zero-order valence-electron chi connectivity index (χ0n) is 46.9. The smallest absolute Gasteiger partial charge is 0.293 e. The van der Waals surface area contributed by atoms with Gasteiger partial charge in [0.15, 0.2) is 0 Å². The lowest BCUT2D eigenvalue weighted by atomic mass is 10.2. The van der Waals surface area contributed by atoms with E-state index in [0.717, 1.165) is 32.7 Å². The van der Waals surface area contributed by atoms with E-state index in [1.807, 2.05) is 47.0 Å². The number of carbonyl (C=O) groups is 8. The Kier molecular flexibility index (Phi) is 63.6. The molecule has 0 atom stereocenters. The molecule has 0 radical (unpaired) electrons. The van der Waals surface area contributed by atoms with Gasteiger partial charge in [-0.2, -0.15) is 0 Å². The standard InChI is InChI=1S/C9H15NO3.C8H13NO3.C7H13NO.2C6H11NO.C6H13N.C5H9NO.C5H11N/c1-4-10(3)9(12)8(2)5-6-13-7-11;1-7(4-5-12-6-10)8(11)9(2)3;1-5-8(4)7(9)6(2)3;1-5(2)6(8)7(3)4;1-4-6(8)7(3)5-2;1-4-6-7(3)5-2;1-4-5(7)6(2)3;1-4-5-6(2)3/h7H,2,4-6H2,1,3H3;6H,1,4-5H2,2-3H3;2,5H2,1,3-4H3;1H2,2-4H3;4H,1,5H2,2-3H3;4H,1,5-6H2,2-3H3;4H,1H2,2-3H3;4H,1,5H2,2-3H3. The Bertz CT molecular complexity index is 1570. The number of hydrogen-bond acceptors (Lipinski definition) is 12. The van der Waals surface area contributed by atoms with Gasteiger partial charge in [0.2, 0.25) is 35.4 Å². The van der Waals surface area contributed by atoms with Gasteiger partial charge in [-0.1, -0.05) is 58.5 Å². The number of ether oxygens (including phenoxy) is 2. The van der Waals surface area contributed by atoms with Crippen molar-refractivity contribution in [3.63, 3.8) is 0 Å². The van der Waals surface area contributed by atoms with Gasteiger partial charge < -0.3 is 48.7 Å². The summed E-state index contributed by atoms with van der Waals surface area (Å²) in [6.45, 7) is 45.6. The van der Waals surface area contributed by atoms with Crippen molar-refractivity contribution in [2.75, 3.05) is 137 Å². The molecule has 0 saturated carbocycles. The van der Waals surface area contributed by atoms with Crippen molar-refractivity contribution >= 4 is 48.4 Å². The summed E-state index contributed by atoms with van der Waals surface area (Å²) >= 11 is 0. The first-order chi connectivity index (χ1) is 32.3. The fraction of sp³-hybridized carbons (Fsp3) is 0.538. The van der Waals surface area contributed by atoms with Crippen LogP contribution in [0.3, 0.4) is 0 Å². The normalized spacial score (nSPS) is 8.74. The highest BCUT2D eigenvalue weighted by Crippen LogP contribution is 2.03. The lowest BCUT2D eigenvalue weighted by molar-refractivity contribution is -0.130. The number of amides is 6. The summed E-state index contributed by atoms with van der Waals surface area (Å²) in [5.41, 5.74) is 2.09. The van der Waals surface area contributed by atoms with Crippen LogP contribution in [0, 0.1) is 0 Å². The topological polar surface area (TPSA) is 181 Å². The first-order valence-electron chi connectivity index (χ1n) is 22.3. The lowest BCUT2D eigenvalue weighted by Crippen LogP contribution is -2.27. The van der Waals surface area contributed by atoms with E-state index in [9.17, 15) is 38.4 Å². The van der Waals surface area contributed by atoms with Gasteiger partial charge >= 0.3 is 0 Å². The average Bonchev–Trinajstić information content (AvgIpc) is 3.32. The van der Waals surface area contributed by atoms with Gasteiger partial charge in [-0.25, -0.2) is 0 Å². The van der Waals surface area contributed by atoms with Crippen LogP contribution in [0.2, 0.25) is 0 Å². The summed E-state index contributed by atoms with van der Waals surface area (Å²) in [7, 11) is 21.4. The van der Waals surface area contributed by atoms with E-state index in [0.29, 0.717) is 54.6 Å². The van der Waals surface area contributed by atoms with Crippen LogP contribution in [0.15, 0.2) is 99.2 Å². The number of hydrogen-bond donors (Lipinski definition) is 0. The van der Waals surface area contributed by atoms with E-state index >= 15 is 0 Å². The molecule has 404 valence electrons. The molecule has 0 heterocycles. The van der Waals surface area contributed by atoms with Gasteiger partial charge in [-0.05, 0) is 74.5 Å². The van der Waals surface area contributed by atoms with Gasteiger partial charge in [-0.3, -0.25) is 38.4 Å². The molecule has 18 heteroatoms. The Hall–Kier alpha value is -6.40. The fourth-order valence-corrected chi connectivity index (χ4v) is 3.36. The van der Waals surface area contributed by atoms with Gasteiger partial charge in [0, 0.05) is 131 Å². The van der Waals surface area contributed by atoms with E-state index in [4.69, 9.17) is 0 Å². The minimum Gasteiger partial charge on any atom is -0.468 e. The predicted molar refractivity (Wildman–Crippen MR) is 290 cm³/mol. The van der Waals surface area contributed by atoms with Crippen LogP contribution in [-0.4, -0.2) is 225 Å². The molecule has 0 spiro atoms. The molecule has 0 aromatic rings. The monoisotopic (exact) mass is 993 g/mol. The molecular weight excluding hydrogens is 897 g/mol. The van der Waals surface area contributed by atoms with Gasteiger partial charge in [0.25, 0.3) is 12.9 Å². The highest BCUT2D eigenvalue weighted by atomic mass is 16.5. The lowest BCUT2D eigenvalue weighted by Gasteiger charge is -2.15. The predicted octanol–water partition coefficient (Wildman–Crippen LogP) is 5.24. The molecule has 0 saturated heterocycles. The van der Waals surface area contributed by atoms with Crippen molar-refractivity contribution in [1.29, 1.82) is 0 Å². The largest absolute Gasteiger partial charge is 0.468 e. The minimum absolute atomic E-state index is 0.00926. The highest BCUT2D eigenvalue weighted by molar-refractivity contribution is 5.93. The molecule has 0 bridgehead atoms. The molecular formula is C52H96N8O10. The zero-order chi connectivity index (χ0) is 57.1. The minimum atomic E-state index is -0.135. The third-order valence-electron chi connectivity index (χ3n) is 8.08. The molecule has 0 aliphatic heterocycles. The summed E-state index contributed by atoms with van der Waals surface area (Å²) in [6, 6.07) is 0. The van der Waals surface area contributed by atoms with E-state index in [-0.39, 0.29) is 48.7 Å². The maximum absolute atomic E-state index is 11.4. The van der Waals surface area contributed by atoms with E-state index in [2.05, 4.69) is 85.9 Å². The van der Waals surface area contributed by atoms with E-state index < -0.39 is 0 Å². The summed E-state index contributed by atoms with van der Waals surface area (Å²) in [4.78, 5) is 97.9. The van der Waals surface area contributed by atoms with Crippen molar-refractivity contribution in [2.24, 2.45) is 0 Å². The number of carbonyl (C=O) groups excluding carboxylic acids is 8. The van der Waals surface area contributed by atoms with E-state index in [1.54, 1.807) is 92.0 Å². The third-order valence-corrected chi connectivity index (χ3v) is 8.08. The molecule has 0 unspecified atom stereocenters. The van der Waals surface area contributed by atoms with Crippen molar-refractivity contribution in [3.05, 3.63) is 99.2 Å².